The van der Waals surface area contributed by atoms with E-state index in [0.29, 0.717) is 15.4 Å². The summed E-state index contributed by atoms with van der Waals surface area (Å²) in [7, 11) is 0. The molecule has 9 heteroatoms. The summed E-state index contributed by atoms with van der Waals surface area (Å²) in [5.41, 5.74) is 1.06. The van der Waals surface area contributed by atoms with Gasteiger partial charge in [0, 0.05) is 19.9 Å². The number of carbonyl (C=O) groups is 1. The van der Waals surface area contributed by atoms with E-state index in [1.165, 1.54) is 18.2 Å². The Balaban J connectivity index is 2.00. The van der Waals surface area contributed by atoms with Gasteiger partial charge >= 0.3 is 0 Å². The van der Waals surface area contributed by atoms with Crippen molar-refractivity contribution in [3.05, 3.63) is 49.3 Å². The molecular weight excluding hydrogens is 510 g/mol. The highest BCUT2D eigenvalue weighted by Gasteiger charge is 2.15. The maximum Gasteiger partial charge on any atom is 0.295 e. The first-order valence-electron chi connectivity index (χ1n) is 6.51. The minimum Gasteiger partial charge on any atom is -0.507 e. The van der Waals surface area contributed by atoms with Gasteiger partial charge in [-0.25, -0.2) is 0 Å². The highest BCUT2D eigenvalue weighted by molar-refractivity contribution is 9.11. The number of rotatable bonds is 2. The van der Waals surface area contributed by atoms with Crippen LogP contribution in [0.15, 0.2) is 54.0 Å². The Morgan fingerprint density at radius 3 is 2.50 bits per heavy atom. The number of carbonyl (C=O) groups excluding carboxylic acids is 1. The summed E-state index contributed by atoms with van der Waals surface area (Å²) in [6.45, 7) is 0. The lowest BCUT2D eigenvalue weighted by Crippen LogP contribution is -1.93. The van der Waals surface area contributed by atoms with Gasteiger partial charge in [-0.3, -0.25) is 4.79 Å². The first kappa shape index (κ1) is 17.1. The van der Waals surface area contributed by atoms with Gasteiger partial charge in [-0.1, -0.05) is 15.9 Å². The third kappa shape index (κ3) is 3.24. The molecule has 2 aromatic carbocycles. The third-order valence-corrected chi connectivity index (χ3v) is 4.93. The van der Waals surface area contributed by atoms with Crippen molar-refractivity contribution in [3.8, 4) is 11.6 Å². The van der Waals surface area contributed by atoms with Crippen molar-refractivity contribution < 1.29 is 15.0 Å². The molecule has 3 rings (SSSR count). The predicted octanol–water partition coefficient (Wildman–Crippen LogP) is 5.79. The van der Waals surface area contributed by atoms with Crippen LogP contribution in [0.25, 0.3) is 10.9 Å². The Hall–Kier alpha value is -1.71. The topological polar surface area (TPSA) is 98.0 Å². The molecule has 0 atom stereocenters. The summed E-state index contributed by atoms with van der Waals surface area (Å²) in [5.74, 6) is -0.766. The Morgan fingerprint density at radius 1 is 1.04 bits per heavy atom. The molecule has 24 heavy (non-hydrogen) atoms. The van der Waals surface area contributed by atoms with Crippen LogP contribution in [-0.2, 0) is 0 Å². The number of phenolic OH excluding ortho intramolecular Hbond substituents is 1. The smallest absolute Gasteiger partial charge is 0.295 e. The number of azo groups is 1. The van der Waals surface area contributed by atoms with E-state index in [2.05, 4.69) is 63.0 Å². The summed E-state index contributed by atoms with van der Waals surface area (Å²) in [4.78, 5) is 14.9. The van der Waals surface area contributed by atoms with Gasteiger partial charge in [-0.2, -0.15) is 0 Å². The molecule has 0 fully saturated rings. The van der Waals surface area contributed by atoms with Crippen LogP contribution in [0.2, 0.25) is 0 Å². The second-order valence-corrected chi connectivity index (χ2v) is 7.43. The van der Waals surface area contributed by atoms with Gasteiger partial charge in [-0.15, -0.1) is 10.2 Å². The van der Waals surface area contributed by atoms with Crippen LogP contribution >= 0.6 is 47.8 Å². The second kappa shape index (κ2) is 6.66. The van der Waals surface area contributed by atoms with Gasteiger partial charge in [0.15, 0.2) is 5.69 Å². The molecule has 0 bridgehead atoms. The predicted molar refractivity (Wildman–Crippen MR) is 100 cm³/mol. The zero-order chi connectivity index (χ0) is 17.4. The molecule has 1 heterocycles. The van der Waals surface area contributed by atoms with E-state index in [-0.39, 0.29) is 22.9 Å². The third-order valence-electron chi connectivity index (χ3n) is 3.21. The van der Waals surface area contributed by atoms with Crippen LogP contribution in [0.4, 0.5) is 5.69 Å². The average Bonchev–Trinajstić information content (AvgIpc) is 2.84. The molecule has 0 spiro atoms. The van der Waals surface area contributed by atoms with E-state index < -0.39 is 5.91 Å². The Morgan fingerprint density at radius 2 is 1.79 bits per heavy atom. The number of fused-ring (bicyclic) bond motifs is 1. The van der Waals surface area contributed by atoms with E-state index in [4.69, 9.17) is 0 Å². The fraction of sp³-hybridized carbons (Fsp3) is 0. The number of hydrogen-bond donors (Lipinski definition) is 3. The number of H-pyrrole nitrogens is 1. The highest BCUT2D eigenvalue weighted by Crippen LogP contribution is 2.40. The number of aromatic nitrogens is 1. The molecule has 0 saturated carbocycles. The van der Waals surface area contributed by atoms with Crippen molar-refractivity contribution in [2.24, 2.45) is 10.2 Å². The van der Waals surface area contributed by atoms with E-state index in [1.807, 2.05) is 6.07 Å². The van der Waals surface area contributed by atoms with Gasteiger partial charge in [0.05, 0.1) is 9.99 Å². The number of halogens is 3. The van der Waals surface area contributed by atoms with Crippen LogP contribution in [0.3, 0.4) is 0 Å². The molecule has 3 aromatic rings. The number of phenols is 1. The molecule has 3 N–H and O–H groups in total. The molecular formula is C15H8Br3N3O3. The van der Waals surface area contributed by atoms with Crippen LogP contribution in [0, 0.1) is 0 Å². The quantitative estimate of drug-likeness (QED) is 0.375. The van der Waals surface area contributed by atoms with Crippen molar-refractivity contribution in [2.45, 2.75) is 0 Å². The molecule has 0 aliphatic rings. The lowest BCUT2D eigenvalue weighted by atomic mass is 10.2. The van der Waals surface area contributed by atoms with Crippen LogP contribution in [-0.4, -0.2) is 21.1 Å². The number of aromatic amines is 1. The number of nitrogens with one attached hydrogen (secondary N) is 1. The number of aromatic hydroxyl groups is 2. The lowest BCUT2D eigenvalue weighted by Gasteiger charge is -1.99. The minimum absolute atomic E-state index is 0.0208. The fourth-order valence-electron chi connectivity index (χ4n) is 2.09. The molecule has 0 aliphatic heterocycles. The summed E-state index contributed by atoms with van der Waals surface area (Å²) in [5, 5.41) is 27.6. The van der Waals surface area contributed by atoms with Crippen molar-refractivity contribution in [3.63, 3.8) is 0 Å². The number of benzene rings is 2. The minimum atomic E-state index is -0.599. The SMILES string of the molecule is O=C(N=Nc1c(O)[nH]c2c(Br)cc(Br)cc12)c1ccc(O)c(Br)c1. The van der Waals surface area contributed by atoms with E-state index >= 15 is 0 Å². The Labute approximate surface area is 161 Å². The van der Waals surface area contributed by atoms with Crippen molar-refractivity contribution in [2.75, 3.05) is 0 Å². The van der Waals surface area contributed by atoms with Gasteiger partial charge in [0.25, 0.3) is 5.91 Å². The molecule has 1 amide bonds. The molecule has 0 unspecified atom stereocenters. The summed E-state index contributed by atoms with van der Waals surface area (Å²) in [6.07, 6.45) is 0. The van der Waals surface area contributed by atoms with Crippen LogP contribution in [0.1, 0.15) is 10.4 Å². The number of amides is 1. The standard InChI is InChI=1S/C15H8Br3N3O3/c16-7-4-8-12(10(18)5-7)19-15(24)13(8)20-21-14(23)6-1-2-11(22)9(17)3-6/h1-5,19,22,24H. The number of hydrogen-bond acceptors (Lipinski definition) is 4. The van der Waals surface area contributed by atoms with Gasteiger partial charge in [0.2, 0.25) is 5.88 Å². The Bertz CT molecular complexity index is 999. The first-order chi connectivity index (χ1) is 11.4. The monoisotopic (exact) mass is 515 g/mol. The second-order valence-electron chi connectivity index (χ2n) is 4.80. The maximum absolute atomic E-state index is 12.1. The highest BCUT2D eigenvalue weighted by atomic mass is 79.9. The van der Waals surface area contributed by atoms with Gasteiger partial charge < -0.3 is 15.2 Å². The normalized spacial score (nSPS) is 11.5. The molecule has 1 aromatic heterocycles. The summed E-state index contributed by atoms with van der Waals surface area (Å²) in [6, 6.07) is 7.83. The summed E-state index contributed by atoms with van der Waals surface area (Å²) >= 11 is 9.89. The van der Waals surface area contributed by atoms with Crippen LogP contribution in [0.5, 0.6) is 11.6 Å². The first-order valence-corrected chi connectivity index (χ1v) is 8.89. The summed E-state index contributed by atoms with van der Waals surface area (Å²) < 4.78 is 1.90. The molecule has 122 valence electrons. The van der Waals surface area contributed by atoms with E-state index in [1.54, 1.807) is 6.07 Å². The van der Waals surface area contributed by atoms with Gasteiger partial charge in [0.1, 0.15) is 5.75 Å². The van der Waals surface area contributed by atoms with Crippen LogP contribution < -0.4 is 0 Å². The molecule has 0 aliphatic carbocycles. The van der Waals surface area contributed by atoms with Crippen molar-refractivity contribution in [1.82, 2.24) is 4.98 Å². The van der Waals surface area contributed by atoms with Gasteiger partial charge in [-0.05, 0) is 62.2 Å². The van der Waals surface area contributed by atoms with E-state index in [9.17, 15) is 15.0 Å². The average molecular weight is 518 g/mol. The van der Waals surface area contributed by atoms with Crippen molar-refractivity contribution in [1.29, 1.82) is 0 Å². The molecule has 6 nitrogen and oxygen atoms in total. The Kier molecular flexibility index (Phi) is 4.75. The molecule has 0 saturated heterocycles. The molecule has 0 radical (unpaired) electrons. The van der Waals surface area contributed by atoms with E-state index in [0.717, 1.165) is 8.95 Å². The fourth-order valence-corrected chi connectivity index (χ4v) is 3.79. The zero-order valence-corrected chi connectivity index (χ0v) is 16.5. The largest absolute Gasteiger partial charge is 0.507 e. The number of nitrogens with zero attached hydrogens (tertiary/aromatic N) is 2. The lowest BCUT2D eigenvalue weighted by molar-refractivity contribution is 0.0995. The maximum atomic E-state index is 12.1. The van der Waals surface area contributed by atoms with Crippen molar-refractivity contribution >= 4 is 70.3 Å². The zero-order valence-electron chi connectivity index (χ0n) is 11.7.